The van der Waals surface area contributed by atoms with Crippen LogP contribution in [0.4, 0.5) is 19.0 Å². The Kier molecular flexibility index (Phi) is 9.11. The van der Waals surface area contributed by atoms with E-state index in [1.54, 1.807) is 36.5 Å². The Morgan fingerprint density at radius 3 is 2.42 bits per heavy atom. The smallest absolute Gasteiger partial charge is 0.355 e. The number of amides is 1. The Balaban J connectivity index is 1.42. The molecule has 248 valence electrons. The highest BCUT2D eigenvalue weighted by Gasteiger charge is 2.31. The van der Waals surface area contributed by atoms with Crippen LogP contribution in [0.3, 0.4) is 0 Å². The number of rotatable bonds is 7. The molecule has 48 heavy (non-hydrogen) atoms. The van der Waals surface area contributed by atoms with E-state index in [2.05, 4.69) is 9.97 Å². The maximum atomic E-state index is 15.0. The van der Waals surface area contributed by atoms with Gasteiger partial charge in [0.05, 0.1) is 27.5 Å². The van der Waals surface area contributed by atoms with E-state index in [1.807, 2.05) is 32.6 Å². The van der Waals surface area contributed by atoms with E-state index in [9.17, 15) is 18.4 Å². The van der Waals surface area contributed by atoms with Crippen LogP contribution in [0.5, 0.6) is 5.75 Å². The molecular formula is C35H32ClF3N6O3. The molecule has 5 aromatic rings. The van der Waals surface area contributed by atoms with Crippen LogP contribution in [0.1, 0.15) is 37.9 Å². The van der Waals surface area contributed by atoms with Crippen LogP contribution in [0.2, 0.25) is 5.02 Å². The Bertz CT molecular complexity index is 2090. The molecule has 0 spiro atoms. The van der Waals surface area contributed by atoms with Gasteiger partial charge in [-0.25, -0.2) is 27.5 Å². The van der Waals surface area contributed by atoms with E-state index in [1.165, 1.54) is 21.6 Å². The molecule has 0 radical (unpaired) electrons. The number of fused-ring (bicyclic) bond motifs is 1. The van der Waals surface area contributed by atoms with E-state index in [-0.39, 0.29) is 53.5 Å². The lowest BCUT2D eigenvalue weighted by molar-refractivity contribution is -0.134. The molecule has 1 unspecified atom stereocenters. The predicted molar refractivity (Wildman–Crippen MR) is 177 cm³/mol. The van der Waals surface area contributed by atoms with E-state index >= 15 is 4.39 Å². The first-order valence-electron chi connectivity index (χ1n) is 15.4. The third-order valence-corrected chi connectivity index (χ3v) is 8.65. The molecule has 1 aliphatic rings. The van der Waals surface area contributed by atoms with Crippen molar-refractivity contribution in [1.29, 1.82) is 0 Å². The van der Waals surface area contributed by atoms with Crippen molar-refractivity contribution in [2.24, 2.45) is 0 Å². The van der Waals surface area contributed by atoms with Crippen LogP contribution >= 0.6 is 11.6 Å². The Morgan fingerprint density at radius 2 is 1.73 bits per heavy atom. The van der Waals surface area contributed by atoms with Crippen LogP contribution < -0.4 is 15.3 Å². The summed E-state index contributed by atoms with van der Waals surface area (Å²) in [5, 5.41) is 0.606. The summed E-state index contributed by atoms with van der Waals surface area (Å²) in [5.74, 6) is -3.14. The van der Waals surface area contributed by atoms with Crippen molar-refractivity contribution in [3.05, 3.63) is 105 Å². The quantitative estimate of drug-likeness (QED) is 0.195. The summed E-state index contributed by atoms with van der Waals surface area (Å²) in [6.45, 7) is 7.80. The first-order valence-corrected chi connectivity index (χ1v) is 15.8. The van der Waals surface area contributed by atoms with Gasteiger partial charge in [-0.1, -0.05) is 43.6 Å². The monoisotopic (exact) mass is 676 g/mol. The van der Waals surface area contributed by atoms with E-state index in [0.29, 0.717) is 22.6 Å². The number of para-hydroxylation sites is 1. The summed E-state index contributed by atoms with van der Waals surface area (Å²) >= 11 is 6.79. The number of carbonyl (C=O) groups is 1. The van der Waals surface area contributed by atoms with Crippen LogP contribution in [0, 0.1) is 24.4 Å². The van der Waals surface area contributed by atoms with Gasteiger partial charge in [0, 0.05) is 37.4 Å². The predicted octanol–water partition coefficient (Wildman–Crippen LogP) is 6.46. The zero-order valence-corrected chi connectivity index (χ0v) is 27.4. The zero-order chi connectivity index (χ0) is 34.3. The number of anilines is 1. The number of aromatic nitrogens is 4. The largest absolute Gasteiger partial charge is 0.478 e. The van der Waals surface area contributed by atoms with Crippen molar-refractivity contribution in [3.8, 4) is 22.7 Å². The molecule has 0 saturated carbocycles. The fourth-order valence-electron chi connectivity index (χ4n) is 6.00. The minimum absolute atomic E-state index is 0.0515. The summed E-state index contributed by atoms with van der Waals surface area (Å²) in [7, 11) is 0. The van der Waals surface area contributed by atoms with E-state index < -0.39 is 41.4 Å². The van der Waals surface area contributed by atoms with Gasteiger partial charge in [-0.15, -0.1) is 0 Å². The Hall–Kier alpha value is -4.97. The minimum atomic E-state index is -0.902. The molecular weight excluding hydrogens is 645 g/mol. The van der Waals surface area contributed by atoms with Gasteiger partial charge in [0.2, 0.25) is 0 Å². The van der Waals surface area contributed by atoms with Crippen LogP contribution in [-0.4, -0.2) is 62.6 Å². The number of benzene rings is 2. The maximum absolute atomic E-state index is 15.0. The number of nitrogens with zero attached hydrogens (tertiary/aromatic N) is 6. The molecule has 1 aliphatic heterocycles. The summed E-state index contributed by atoms with van der Waals surface area (Å²) in [4.78, 5) is 44.5. The lowest BCUT2D eigenvalue weighted by Crippen LogP contribution is -2.55. The lowest BCUT2D eigenvalue weighted by Gasteiger charge is -2.40. The number of carbonyl (C=O) groups excluding carboxylic acids is 1. The number of hydrogen-bond acceptors (Lipinski definition) is 7. The minimum Gasteiger partial charge on any atom is -0.478 e. The molecule has 13 heteroatoms. The van der Waals surface area contributed by atoms with Crippen molar-refractivity contribution >= 4 is 34.4 Å². The van der Waals surface area contributed by atoms with E-state index in [0.717, 1.165) is 17.7 Å². The highest BCUT2D eigenvalue weighted by Crippen LogP contribution is 2.36. The number of ether oxygens (including phenoxy) is 1. The normalized spacial score (nSPS) is 15.0. The van der Waals surface area contributed by atoms with Gasteiger partial charge in [-0.2, -0.15) is 4.98 Å². The van der Waals surface area contributed by atoms with Crippen molar-refractivity contribution in [3.63, 3.8) is 0 Å². The summed E-state index contributed by atoms with van der Waals surface area (Å²) in [6, 6.07) is 12.5. The fourth-order valence-corrected chi connectivity index (χ4v) is 6.25. The van der Waals surface area contributed by atoms with Crippen LogP contribution in [0.25, 0.3) is 28.0 Å². The first kappa shape index (κ1) is 33.0. The maximum Gasteiger partial charge on any atom is 0.355 e. The van der Waals surface area contributed by atoms with E-state index in [4.69, 9.17) is 21.3 Å². The third kappa shape index (κ3) is 6.08. The summed E-state index contributed by atoms with van der Waals surface area (Å²) in [6.07, 6.45) is 1.68. The fraction of sp³-hybridized carbons (Fsp3) is 0.286. The van der Waals surface area contributed by atoms with Gasteiger partial charge in [-0.05, 0) is 61.7 Å². The molecule has 1 amide bonds. The number of aryl methyl sites for hydroxylation is 1. The molecule has 4 heterocycles. The SMILES string of the molecule is Cc1ccnc(C(C)C)c1-n1c(=O)nc(N2CCN(C(=O)COc3c(F)cccc3F)CC2C)c2cc(Cl)c(-c3ccccc3F)nc21. The average Bonchev–Trinajstić information content (AvgIpc) is 3.04. The Labute approximate surface area is 279 Å². The van der Waals surface area contributed by atoms with Crippen LogP contribution in [0.15, 0.2) is 65.6 Å². The zero-order valence-electron chi connectivity index (χ0n) is 26.7. The molecule has 0 N–H and O–H groups in total. The number of halogens is 4. The number of pyridine rings is 2. The second-order valence-corrected chi connectivity index (χ2v) is 12.4. The molecule has 3 aromatic heterocycles. The van der Waals surface area contributed by atoms with Gasteiger partial charge in [0.15, 0.2) is 29.6 Å². The molecule has 9 nitrogen and oxygen atoms in total. The molecule has 6 rings (SSSR count). The standard InChI is InChI=1S/C35H32ClF3N6O3/c1-19(2)29-31(20(3)12-13-40-29)45-34-23(16-24(36)30(41-34)22-8-5-6-9-25(22)37)33(42-35(45)47)44-15-14-43(17-21(44)4)28(46)18-48-32-26(38)10-7-11-27(32)39/h5-13,16,19,21H,14-15,17-18H2,1-4H3. The van der Waals surface area contributed by atoms with Crippen molar-refractivity contribution in [1.82, 2.24) is 24.4 Å². The van der Waals surface area contributed by atoms with Gasteiger partial charge in [0.1, 0.15) is 11.6 Å². The molecule has 1 saturated heterocycles. The molecule has 2 aromatic carbocycles. The second-order valence-electron chi connectivity index (χ2n) is 12.0. The van der Waals surface area contributed by atoms with Gasteiger partial charge in [-0.3, -0.25) is 9.78 Å². The lowest BCUT2D eigenvalue weighted by atomic mass is 10.0. The topological polar surface area (TPSA) is 93.5 Å². The van der Waals surface area contributed by atoms with Crippen LogP contribution in [-0.2, 0) is 4.79 Å². The van der Waals surface area contributed by atoms with Crippen molar-refractivity contribution < 1.29 is 22.7 Å². The van der Waals surface area contributed by atoms with Gasteiger partial charge in [0.25, 0.3) is 5.91 Å². The first-order chi connectivity index (χ1) is 23.0. The summed E-state index contributed by atoms with van der Waals surface area (Å²) < 4.78 is 49.7. The average molecular weight is 677 g/mol. The highest BCUT2D eigenvalue weighted by molar-refractivity contribution is 6.33. The summed E-state index contributed by atoms with van der Waals surface area (Å²) in [5.41, 5.74) is 1.91. The van der Waals surface area contributed by atoms with Gasteiger partial charge >= 0.3 is 5.69 Å². The molecule has 1 fully saturated rings. The molecule has 0 aliphatic carbocycles. The third-order valence-electron chi connectivity index (χ3n) is 8.37. The number of piperazine rings is 1. The molecule has 1 atom stereocenters. The van der Waals surface area contributed by atoms with Crippen molar-refractivity contribution in [2.45, 2.75) is 39.7 Å². The number of hydrogen-bond donors (Lipinski definition) is 0. The Morgan fingerprint density at radius 1 is 1.02 bits per heavy atom. The van der Waals surface area contributed by atoms with Gasteiger partial charge < -0.3 is 14.5 Å². The highest BCUT2D eigenvalue weighted by atomic mass is 35.5. The van der Waals surface area contributed by atoms with Crippen molar-refractivity contribution in [2.75, 3.05) is 31.1 Å². The second kappa shape index (κ2) is 13.3. The molecule has 0 bridgehead atoms.